The Labute approximate surface area is 371 Å². The van der Waals surface area contributed by atoms with Crippen LogP contribution in [0.3, 0.4) is 0 Å². The van der Waals surface area contributed by atoms with Gasteiger partial charge < -0.3 is 41.7 Å². The van der Waals surface area contributed by atoms with Gasteiger partial charge in [-0.2, -0.15) is 0 Å². The van der Waals surface area contributed by atoms with Gasteiger partial charge in [0.2, 0.25) is 11.8 Å². The molecule has 4 aromatic rings. The van der Waals surface area contributed by atoms with Crippen LogP contribution in [0.1, 0.15) is 101 Å². The van der Waals surface area contributed by atoms with Gasteiger partial charge in [0.25, 0.3) is 0 Å². The number of amides is 4. The summed E-state index contributed by atoms with van der Waals surface area (Å²) in [6.45, 7) is 2.13. The highest BCUT2D eigenvalue weighted by Gasteiger charge is 2.25. The molecule has 2 heterocycles. The number of rotatable bonds is 30. The van der Waals surface area contributed by atoms with Gasteiger partial charge in [-0.3, -0.25) is 29.3 Å². The number of aliphatic carboxylic acids is 4. The number of unbranched alkanes of at least 4 members (excludes halogenated alkanes) is 5. The zero-order valence-electron chi connectivity index (χ0n) is 35.9. The summed E-state index contributed by atoms with van der Waals surface area (Å²) < 4.78 is 0. The number of pyridine rings is 2. The van der Waals surface area contributed by atoms with Gasteiger partial charge in [-0.1, -0.05) is 61.4 Å². The highest BCUT2D eigenvalue weighted by molar-refractivity contribution is 5.86. The average molecular weight is 886 g/mol. The van der Waals surface area contributed by atoms with E-state index in [1.54, 1.807) is 0 Å². The first kappa shape index (κ1) is 50.0. The lowest BCUT2D eigenvalue weighted by molar-refractivity contribution is -0.142. The molecule has 2 aromatic heterocycles. The first-order valence-corrected chi connectivity index (χ1v) is 21.7. The number of hydrogen-bond acceptors (Lipinski definition) is 10. The molecule has 0 saturated heterocycles. The zero-order chi connectivity index (χ0) is 46.3. The van der Waals surface area contributed by atoms with Crippen molar-refractivity contribution in [3.8, 4) is 0 Å². The number of nitrogens with one attached hydrogen (secondary N) is 4. The second-order valence-corrected chi connectivity index (χ2v) is 15.7. The van der Waals surface area contributed by atoms with Crippen LogP contribution >= 0.6 is 0 Å². The Balaban J connectivity index is 1.09. The molecule has 0 aliphatic carbocycles. The number of urea groups is 1. The minimum atomic E-state index is -1.50. The number of nitrogens with zero attached hydrogens (tertiary/aromatic N) is 3. The molecular formula is C46H59N7O11. The van der Waals surface area contributed by atoms with E-state index in [2.05, 4.69) is 38.3 Å². The molecule has 344 valence electrons. The lowest BCUT2D eigenvalue weighted by Crippen LogP contribution is -2.51. The van der Waals surface area contributed by atoms with Crippen LogP contribution in [0.5, 0.6) is 0 Å². The van der Waals surface area contributed by atoms with Gasteiger partial charge in [0.1, 0.15) is 18.1 Å². The fraction of sp³-hybridized carbons (Fsp3) is 0.457. The monoisotopic (exact) mass is 885 g/mol. The first-order chi connectivity index (χ1) is 30.8. The number of carboxylic acids is 4. The van der Waals surface area contributed by atoms with Gasteiger partial charge in [0.15, 0.2) is 0 Å². The number of para-hydroxylation sites is 2. The molecule has 4 amide bonds. The minimum Gasteiger partial charge on any atom is -0.481 e. The lowest BCUT2D eigenvalue weighted by Gasteiger charge is -2.22. The summed E-state index contributed by atoms with van der Waals surface area (Å²) in [6.07, 6.45) is 4.39. The molecule has 0 saturated carbocycles. The van der Waals surface area contributed by atoms with E-state index in [1.165, 1.54) is 0 Å². The number of carboxylic acid groups (broad SMARTS) is 4. The summed E-state index contributed by atoms with van der Waals surface area (Å²) in [5.74, 6) is -5.63. The van der Waals surface area contributed by atoms with Crippen molar-refractivity contribution in [1.29, 1.82) is 0 Å². The third-order valence-corrected chi connectivity index (χ3v) is 10.6. The van der Waals surface area contributed by atoms with E-state index in [0.29, 0.717) is 71.0 Å². The topological polar surface area (TPSA) is 278 Å². The van der Waals surface area contributed by atoms with Crippen LogP contribution in [-0.4, -0.2) is 108 Å². The molecule has 2 aromatic carbocycles. The quantitative estimate of drug-likeness (QED) is 0.0312. The highest BCUT2D eigenvalue weighted by Crippen LogP contribution is 2.18. The number of fused-ring (bicyclic) bond motifs is 2. The zero-order valence-corrected chi connectivity index (χ0v) is 35.9. The Morgan fingerprint density at radius 3 is 1.52 bits per heavy atom. The van der Waals surface area contributed by atoms with Gasteiger partial charge in [0.05, 0.1) is 22.4 Å². The van der Waals surface area contributed by atoms with Crippen molar-refractivity contribution in [3.63, 3.8) is 0 Å². The normalized spacial score (nSPS) is 12.6. The molecule has 3 atom stereocenters. The molecule has 18 nitrogen and oxygen atoms in total. The minimum absolute atomic E-state index is 0.0157. The fourth-order valence-corrected chi connectivity index (χ4v) is 7.13. The Bertz CT molecular complexity index is 2120. The van der Waals surface area contributed by atoms with Crippen molar-refractivity contribution in [1.82, 2.24) is 36.1 Å². The van der Waals surface area contributed by atoms with E-state index in [1.807, 2.05) is 60.7 Å². The maximum absolute atomic E-state index is 12.7. The Kier molecular flexibility index (Phi) is 20.8. The van der Waals surface area contributed by atoms with Crippen LogP contribution < -0.4 is 21.3 Å². The maximum Gasteiger partial charge on any atom is 0.326 e. The summed E-state index contributed by atoms with van der Waals surface area (Å²) >= 11 is 0. The molecule has 0 aliphatic rings. The van der Waals surface area contributed by atoms with Crippen LogP contribution in [0.15, 0.2) is 72.8 Å². The maximum atomic E-state index is 12.7. The van der Waals surface area contributed by atoms with E-state index in [9.17, 15) is 48.9 Å². The summed E-state index contributed by atoms with van der Waals surface area (Å²) in [6, 6.07) is 19.2. The van der Waals surface area contributed by atoms with Crippen molar-refractivity contribution in [2.45, 2.75) is 121 Å². The third kappa shape index (κ3) is 18.3. The predicted molar refractivity (Wildman–Crippen MR) is 237 cm³/mol. The van der Waals surface area contributed by atoms with E-state index in [0.717, 1.165) is 33.2 Å². The molecule has 0 unspecified atom stereocenters. The second-order valence-electron chi connectivity index (χ2n) is 15.7. The number of carbonyl (C=O) groups is 7. The van der Waals surface area contributed by atoms with Crippen molar-refractivity contribution in [3.05, 3.63) is 84.2 Å². The van der Waals surface area contributed by atoms with Crippen LogP contribution in [0, 0.1) is 0 Å². The first-order valence-electron chi connectivity index (χ1n) is 21.7. The Hall–Kier alpha value is -6.69. The average Bonchev–Trinajstić information content (AvgIpc) is 3.26. The van der Waals surface area contributed by atoms with E-state index >= 15 is 0 Å². The Morgan fingerprint density at radius 1 is 0.500 bits per heavy atom. The van der Waals surface area contributed by atoms with Gasteiger partial charge in [-0.05, 0) is 88.6 Å². The van der Waals surface area contributed by atoms with E-state index in [4.69, 9.17) is 15.1 Å². The molecule has 8 N–H and O–H groups in total. The highest BCUT2D eigenvalue weighted by atomic mass is 16.4. The molecule has 0 aliphatic heterocycles. The molecule has 18 heteroatoms. The molecule has 0 radical (unpaired) electrons. The summed E-state index contributed by atoms with van der Waals surface area (Å²) in [5, 5.41) is 49.1. The van der Waals surface area contributed by atoms with Crippen LogP contribution in [-0.2, 0) is 41.9 Å². The van der Waals surface area contributed by atoms with E-state index in [-0.39, 0.29) is 50.5 Å². The van der Waals surface area contributed by atoms with Crippen LogP contribution in [0.2, 0.25) is 0 Å². The molecule has 0 fully saturated rings. The van der Waals surface area contributed by atoms with Crippen LogP contribution in [0.25, 0.3) is 21.8 Å². The Morgan fingerprint density at radius 2 is 0.984 bits per heavy atom. The standard InChI is InChI=1S/C46H59N7O11/c54-40(47-27-11-9-17-38(44(60)61)51-46(64)52-39(45(62)63)25-26-42(56)57)19-3-1-2-4-20-41(55)50-37(43(58)59)18-10-12-28-53(29-33-23-21-31-13-5-7-15-35(31)48-33)30-34-24-22-32-14-6-8-16-36(32)49-34/h5-8,13-16,21-24,37-39H,1-4,9-12,17-20,25-30H2,(H,47,54)(H,50,55)(H,56,57)(H,58,59)(H,60,61)(H,62,63)(H2,51,52,64)/t37-,38-,39-/m0/s1. The van der Waals surface area contributed by atoms with Gasteiger partial charge in [0, 0.05) is 49.7 Å². The van der Waals surface area contributed by atoms with Crippen molar-refractivity contribution in [2.75, 3.05) is 13.1 Å². The van der Waals surface area contributed by atoms with E-state index < -0.39 is 54.5 Å². The van der Waals surface area contributed by atoms with Gasteiger partial charge >= 0.3 is 29.9 Å². The smallest absolute Gasteiger partial charge is 0.326 e. The molecule has 0 bridgehead atoms. The second kappa shape index (κ2) is 26.7. The summed E-state index contributed by atoms with van der Waals surface area (Å²) in [7, 11) is 0. The summed E-state index contributed by atoms with van der Waals surface area (Å²) in [5.41, 5.74) is 3.68. The van der Waals surface area contributed by atoms with Crippen molar-refractivity contribution in [2.24, 2.45) is 0 Å². The van der Waals surface area contributed by atoms with Crippen molar-refractivity contribution < 1.29 is 54.0 Å². The fourth-order valence-electron chi connectivity index (χ4n) is 7.13. The molecular weight excluding hydrogens is 827 g/mol. The lowest BCUT2D eigenvalue weighted by atomic mass is 10.1. The predicted octanol–water partition coefficient (Wildman–Crippen LogP) is 5.22. The number of hydrogen-bond donors (Lipinski definition) is 8. The number of carbonyl (C=O) groups excluding carboxylic acids is 3. The SMILES string of the molecule is O=C(O)CC[C@H](NC(=O)N[C@@H](CCCCNC(=O)CCCCCCC(=O)N[C@@H](CCCCN(Cc1ccc2ccccc2n1)Cc1ccc2ccccc2n1)C(=O)O)C(=O)O)C(=O)O. The molecule has 0 spiro atoms. The van der Waals surface area contributed by atoms with Gasteiger partial charge in [-0.15, -0.1) is 0 Å². The van der Waals surface area contributed by atoms with Gasteiger partial charge in [-0.25, -0.2) is 19.2 Å². The number of aromatic nitrogens is 2. The summed E-state index contributed by atoms with van der Waals surface area (Å²) in [4.78, 5) is 94.8. The molecule has 4 rings (SSSR count). The third-order valence-electron chi connectivity index (χ3n) is 10.6. The number of benzene rings is 2. The van der Waals surface area contributed by atoms with Crippen molar-refractivity contribution >= 4 is 63.5 Å². The van der Waals surface area contributed by atoms with Crippen LogP contribution in [0.4, 0.5) is 4.79 Å². The molecule has 64 heavy (non-hydrogen) atoms. The largest absolute Gasteiger partial charge is 0.481 e.